The van der Waals surface area contributed by atoms with Crippen molar-refractivity contribution in [2.75, 3.05) is 0 Å². The van der Waals surface area contributed by atoms with Crippen LogP contribution in [0.4, 0.5) is 0 Å². The van der Waals surface area contributed by atoms with E-state index in [0.29, 0.717) is 29.6 Å². The molecule has 0 aliphatic heterocycles. The highest BCUT2D eigenvalue weighted by molar-refractivity contribution is 7.85. The summed E-state index contributed by atoms with van der Waals surface area (Å²) < 4.78 is 25.0. The van der Waals surface area contributed by atoms with Crippen molar-refractivity contribution in [3.05, 3.63) is 82.8 Å². The van der Waals surface area contributed by atoms with Crippen LogP contribution in [-0.4, -0.2) is 8.42 Å². The van der Waals surface area contributed by atoms with Gasteiger partial charge in [-0.3, -0.25) is 0 Å². The molecule has 2 unspecified atom stereocenters. The predicted octanol–water partition coefficient (Wildman–Crippen LogP) is 5.33. The second-order valence-corrected chi connectivity index (χ2v) is 8.75. The first-order valence-corrected chi connectivity index (χ1v) is 10.0. The number of halogens is 2. The average molecular weight is 395 g/mol. The lowest BCUT2D eigenvalue weighted by Gasteiger charge is -2.06. The average Bonchev–Trinajstić information content (AvgIpc) is 2.62. The Labute approximate surface area is 155 Å². The minimum atomic E-state index is -1.30. The maximum atomic E-state index is 12.5. The van der Waals surface area contributed by atoms with E-state index in [1.165, 1.54) is 0 Å². The maximum Gasteiger partial charge on any atom is 0.0849 e. The molecule has 3 aromatic carbocycles. The lowest BCUT2D eigenvalue weighted by atomic mass is 10.4. The Hall–Kier alpha value is -1.46. The third-order valence-corrected chi connectivity index (χ3v) is 6.61. The third-order valence-electron chi connectivity index (χ3n) is 3.31. The predicted molar refractivity (Wildman–Crippen MR) is 98.7 cm³/mol. The van der Waals surface area contributed by atoms with Gasteiger partial charge >= 0.3 is 0 Å². The van der Waals surface area contributed by atoms with Crippen LogP contribution >= 0.6 is 23.2 Å². The molecule has 0 N–H and O–H groups in total. The zero-order chi connectivity index (χ0) is 17.1. The Bertz CT molecular complexity index is 813. The van der Waals surface area contributed by atoms with Gasteiger partial charge < -0.3 is 0 Å². The molecule has 0 spiro atoms. The van der Waals surface area contributed by atoms with Gasteiger partial charge in [0.2, 0.25) is 0 Å². The molecule has 0 fully saturated rings. The highest BCUT2D eigenvalue weighted by atomic mass is 35.5. The van der Waals surface area contributed by atoms with Crippen molar-refractivity contribution in [1.29, 1.82) is 0 Å². The van der Waals surface area contributed by atoms with Crippen molar-refractivity contribution in [2.45, 2.75) is 19.6 Å². The Morgan fingerprint density at radius 1 is 0.458 bits per heavy atom. The number of rotatable bonds is 4. The highest BCUT2D eigenvalue weighted by Crippen LogP contribution is 2.22. The smallest absolute Gasteiger partial charge is 0.0849 e. The molecule has 0 saturated heterocycles. The second kappa shape index (κ2) is 7.62. The summed E-state index contributed by atoms with van der Waals surface area (Å²) in [5.74, 6) is 0. The van der Waals surface area contributed by atoms with Crippen molar-refractivity contribution in [2.24, 2.45) is 0 Å². The van der Waals surface area contributed by atoms with E-state index in [1.807, 2.05) is 0 Å². The van der Waals surface area contributed by atoms with E-state index in [1.54, 1.807) is 72.8 Å². The van der Waals surface area contributed by atoms with Crippen LogP contribution in [0, 0.1) is 0 Å². The molecular formula is C18H12Cl2O2S2. The Kier molecular flexibility index (Phi) is 5.51. The van der Waals surface area contributed by atoms with Gasteiger partial charge in [-0.05, 0) is 72.8 Å². The van der Waals surface area contributed by atoms with Gasteiger partial charge in [0.05, 0.1) is 21.6 Å². The standard InChI is InChI=1S/C18H12Cl2O2S2/c19-13-1-5-15(6-2-13)23(21)17-9-11-18(12-10-17)24(22)16-7-3-14(20)4-8-16/h1-12H. The fraction of sp³-hybridized carbons (Fsp3) is 0. The zero-order valence-corrected chi connectivity index (χ0v) is 15.5. The monoisotopic (exact) mass is 394 g/mol. The molecule has 0 heterocycles. The van der Waals surface area contributed by atoms with E-state index in [2.05, 4.69) is 0 Å². The second-order valence-electron chi connectivity index (χ2n) is 4.92. The summed E-state index contributed by atoms with van der Waals surface area (Å²) in [6.07, 6.45) is 0. The fourth-order valence-corrected chi connectivity index (χ4v) is 4.40. The highest BCUT2D eigenvalue weighted by Gasteiger charge is 2.10. The molecule has 0 aliphatic rings. The van der Waals surface area contributed by atoms with Crippen LogP contribution in [0.15, 0.2) is 92.4 Å². The number of hydrogen-bond donors (Lipinski definition) is 0. The quantitative estimate of drug-likeness (QED) is 0.599. The van der Waals surface area contributed by atoms with Crippen LogP contribution < -0.4 is 0 Å². The molecule has 122 valence electrons. The molecule has 0 radical (unpaired) electrons. The summed E-state index contributed by atoms with van der Waals surface area (Å²) in [6.45, 7) is 0. The summed E-state index contributed by atoms with van der Waals surface area (Å²) in [5.41, 5.74) is 0. The molecule has 6 heteroatoms. The van der Waals surface area contributed by atoms with Crippen LogP contribution in [0.3, 0.4) is 0 Å². The zero-order valence-electron chi connectivity index (χ0n) is 12.3. The Morgan fingerprint density at radius 2 is 0.667 bits per heavy atom. The Balaban J connectivity index is 1.82. The van der Waals surface area contributed by atoms with Gasteiger partial charge in [-0.25, -0.2) is 8.42 Å². The van der Waals surface area contributed by atoms with Crippen molar-refractivity contribution in [1.82, 2.24) is 0 Å². The molecule has 2 nitrogen and oxygen atoms in total. The molecule has 0 aliphatic carbocycles. The maximum absolute atomic E-state index is 12.5. The summed E-state index contributed by atoms with van der Waals surface area (Å²) in [5, 5.41) is 1.20. The van der Waals surface area contributed by atoms with Crippen molar-refractivity contribution >= 4 is 44.8 Å². The van der Waals surface area contributed by atoms with E-state index in [0.717, 1.165) is 0 Å². The molecule has 3 aromatic rings. The van der Waals surface area contributed by atoms with Crippen molar-refractivity contribution < 1.29 is 8.42 Å². The topological polar surface area (TPSA) is 34.1 Å². The van der Waals surface area contributed by atoms with Crippen molar-refractivity contribution in [3.8, 4) is 0 Å². The van der Waals surface area contributed by atoms with Gasteiger partial charge in [0.1, 0.15) is 0 Å². The van der Waals surface area contributed by atoms with E-state index >= 15 is 0 Å². The summed E-state index contributed by atoms with van der Waals surface area (Å²) >= 11 is 11.7. The van der Waals surface area contributed by atoms with E-state index in [-0.39, 0.29) is 0 Å². The summed E-state index contributed by atoms with van der Waals surface area (Å²) in [6, 6.07) is 20.7. The Morgan fingerprint density at radius 3 is 0.917 bits per heavy atom. The molecular weight excluding hydrogens is 383 g/mol. The van der Waals surface area contributed by atoms with Gasteiger partial charge in [0.15, 0.2) is 0 Å². The molecule has 0 amide bonds. The minimum absolute atomic E-state index is 0.601. The third kappa shape index (κ3) is 3.95. The fourth-order valence-electron chi connectivity index (χ4n) is 2.08. The lowest BCUT2D eigenvalue weighted by molar-refractivity contribution is 0.681. The lowest BCUT2D eigenvalue weighted by Crippen LogP contribution is -1.96. The molecule has 0 saturated carbocycles. The normalized spacial score (nSPS) is 13.4. The van der Waals surface area contributed by atoms with E-state index < -0.39 is 21.6 Å². The molecule has 24 heavy (non-hydrogen) atoms. The van der Waals surface area contributed by atoms with Crippen LogP contribution in [0.2, 0.25) is 10.0 Å². The van der Waals surface area contributed by atoms with Crippen LogP contribution in [0.25, 0.3) is 0 Å². The van der Waals surface area contributed by atoms with Gasteiger partial charge in [-0.1, -0.05) is 23.2 Å². The molecule has 2 atom stereocenters. The first-order chi connectivity index (χ1) is 11.5. The van der Waals surface area contributed by atoms with Crippen LogP contribution in [-0.2, 0) is 21.6 Å². The molecule has 3 rings (SSSR count). The van der Waals surface area contributed by atoms with Gasteiger partial charge in [-0.2, -0.15) is 0 Å². The number of hydrogen-bond acceptors (Lipinski definition) is 2. The van der Waals surface area contributed by atoms with Crippen LogP contribution in [0.1, 0.15) is 0 Å². The SMILES string of the molecule is O=S(c1ccc(Cl)cc1)c1ccc(S(=O)c2ccc(Cl)cc2)cc1. The summed E-state index contributed by atoms with van der Waals surface area (Å²) in [7, 11) is -2.60. The molecule has 0 bridgehead atoms. The number of benzene rings is 3. The largest absolute Gasteiger partial charge is 0.249 e. The van der Waals surface area contributed by atoms with E-state index in [9.17, 15) is 8.42 Å². The van der Waals surface area contributed by atoms with E-state index in [4.69, 9.17) is 23.2 Å². The van der Waals surface area contributed by atoms with Gasteiger partial charge in [0, 0.05) is 29.6 Å². The minimum Gasteiger partial charge on any atom is -0.249 e. The summed E-state index contributed by atoms with van der Waals surface area (Å²) in [4.78, 5) is 2.64. The van der Waals surface area contributed by atoms with Crippen LogP contribution in [0.5, 0.6) is 0 Å². The van der Waals surface area contributed by atoms with Gasteiger partial charge in [0.25, 0.3) is 0 Å². The van der Waals surface area contributed by atoms with Gasteiger partial charge in [-0.15, -0.1) is 0 Å². The first kappa shape index (κ1) is 17.4. The molecule has 0 aromatic heterocycles. The van der Waals surface area contributed by atoms with Crippen molar-refractivity contribution in [3.63, 3.8) is 0 Å². The first-order valence-electron chi connectivity index (χ1n) is 6.99.